The Morgan fingerprint density at radius 1 is 1.40 bits per heavy atom. The molecule has 1 aromatic heterocycles. The van der Waals surface area contributed by atoms with Gasteiger partial charge in [0.25, 0.3) is 5.91 Å². The third-order valence-electron chi connectivity index (χ3n) is 5.22. The monoisotopic (exact) mass is 366 g/mol. The lowest BCUT2D eigenvalue weighted by molar-refractivity contribution is -0.125. The summed E-state index contributed by atoms with van der Waals surface area (Å²) in [7, 11) is 2.13. The van der Waals surface area contributed by atoms with Crippen LogP contribution >= 0.6 is 11.3 Å². The lowest BCUT2D eigenvalue weighted by atomic mass is 9.89. The minimum Gasteiger partial charge on any atom is -0.371 e. The van der Waals surface area contributed by atoms with E-state index in [-0.39, 0.29) is 17.6 Å². The van der Waals surface area contributed by atoms with Crippen molar-refractivity contribution in [2.45, 2.75) is 44.8 Å². The first-order chi connectivity index (χ1) is 11.9. The zero-order valence-corrected chi connectivity index (χ0v) is 16.3. The van der Waals surface area contributed by atoms with E-state index in [1.54, 1.807) is 0 Å². The largest absolute Gasteiger partial charge is 0.371 e. The molecule has 0 aromatic carbocycles. The van der Waals surface area contributed by atoms with E-state index in [1.807, 2.05) is 10.3 Å². The van der Waals surface area contributed by atoms with Gasteiger partial charge in [-0.15, -0.1) is 11.3 Å². The fourth-order valence-corrected chi connectivity index (χ4v) is 4.48. The Hall–Kier alpha value is -1.02. The molecule has 0 bridgehead atoms. The molecular weight excluding hydrogens is 336 g/mol. The fraction of sp³-hybridized carbons (Fsp3) is 0.778. The molecule has 2 aliphatic rings. The number of rotatable bonds is 4. The zero-order valence-electron chi connectivity index (χ0n) is 15.5. The van der Waals surface area contributed by atoms with Gasteiger partial charge in [0.05, 0.1) is 24.8 Å². The Kier molecular flexibility index (Phi) is 5.78. The van der Waals surface area contributed by atoms with Crippen LogP contribution in [-0.4, -0.2) is 66.1 Å². The van der Waals surface area contributed by atoms with Crippen molar-refractivity contribution in [1.82, 2.24) is 14.8 Å². The minimum atomic E-state index is -0.173. The first-order valence-corrected chi connectivity index (χ1v) is 10.1. The number of piperidine rings is 1. The first kappa shape index (κ1) is 18.8. The van der Waals surface area contributed by atoms with Crippen LogP contribution in [0.1, 0.15) is 54.6 Å². The van der Waals surface area contributed by atoms with Crippen LogP contribution < -0.4 is 5.73 Å². The topological polar surface area (TPSA) is 71.7 Å². The molecule has 2 saturated heterocycles. The molecule has 0 radical (unpaired) electrons. The van der Waals surface area contributed by atoms with Crippen molar-refractivity contribution >= 4 is 17.2 Å². The maximum Gasteiger partial charge on any atom is 0.273 e. The molecule has 0 unspecified atom stereocenters. The number of likely N-dealkylation sites (tertiary alicyclic amines) is 1. The molecule has 3 rings (SSSR count). The van der Waals surface area contributed by atoms with Gasteiger partial charge in [0.2, 0.25) is 0 Å². The number of hydrogen-bond donors (Lipinski definition) is 1. The van der Waals surface area contributed by atoms with Crippen molar-refractivity contribution in [2.75, 3.05) is 39.8 Å². The molecule has 25 heavy (non-hydrogen) atoms. The highest BCUT2D eigenvalue weighted by Gasteiger charge is 2.40. The molecule has 2 aliphatic heterocycles. The van der Waals surface area contributed by atoms with Gasteiger partial charge in [-0.05, 0) is 32.2 Å². The molecule has 140 valence electrons. The standard InChI is InChI=1S/C18H30N4O2S/c1-13(2)10-14(19)16-20-15(11-25-16)17(23)22-8-9-24-18(12-22)4-6-21(3)7-5-18/h11,13-14H,4-10,12,19H2,1-3H3/t14-/m0/s1. The first-order valence-electron chi connectivity index (χ1n) is 9.21. The normalized spacial score (nSPS) is 22.5. The Morgan fingerprint density at radius 2 is 2.12 bits per heavy atom. The highest BCUT2D eigenvalue weighted by molar-refractivity contribution is 7.09. The maximum atomic E-state index is 12.9. The van der Waals surface area contributed by atoms with E-state index in [0.717, 1.165) is 37.4 Å². The fourth-order valence-electron chi connectivity index (χ4n) is 3.67. The van der Waals surface area contributed by atoms with Crippen LogP contribution in [-0.2, 0) is 4.74 Å². The number of amides is 1. The van der Waals surface area contributed by atoms with Gasteiger partial charge in [-0.2, -0.15) is 0 Å². The van der Waals surface area contributed by atoms with E-state index < -0.39 is 0 Å². The number of nitrogens with zero attached hydrogens (tertiary/aromatic N) is 3. The quantitative estimate of drug-likeness (QED) is 0.884. The van der Waals surface area contributed by atoms with Crippen LogP contribution in [0.25, 0.3) is 0 Å². The van der Waals surface area contributed by atoms with Gasteiger partial charge < -0.3 is 20.3 Å². The van der Waals surface area contributed by atoms with E-state index in [1.165, 1.54) is 11.3 Å². The summed E-state index contributed by atoms with van der Waals surface area (Å²) in [6.45, 7) is 8.26. The number of aromatic nitrogens is 1. The highest BCUT2D eigenvalue weighted by atomic mass is 32.1. The molecule has 1 aromatic rings. The van der Waals surface area contributed by atoms with Gasteiger partial charge in [-0.1, -0.05) is 13.8 Å². The van der Waals surface area contributed by atoms with Gasteiger partial charge in [-0.3, -0.25) is 4.79 Å². The second kappa shape index (κ2) is 7.70. The number of hydrogen-bond acceptors (Lipinski definition) is 6. The Labute approximate surface area is 154 Å². The third kappa shape index (κ3) is 4.39. The lowest BCUT2D eigenvalue weighted by Gasteiger charge is -2.46. The summed E-state index contributed by atoms with van der Waals surface area (Å²) in [5, 5.41) is 2.72. The molecule has 1 amide bonds. The van der Waals surface area contributed by atoms with Crippen molar-refractivity contribution < 1.29 is 9.53 Å². The number of thiazole rings is 1. The predicted molar refractivity (Wildman–Crippen MR) is 99.8 cm³/mol. The minimum absolute atomic E-state index is 0.0147. The van der Waals surface area contributed by atoms with Crippen molar-refractivity contribution in [2.24, 2.45) is 11.7 Å². The molecule has 2 N–H and O–H groups in total. The van der Waals surface area contributed by atoms with Crippen molar-refractivity contribution in [3.8, 4) is 0 Å². The van der Waals surface area contributed by atoms with Gasteiger partial charge in [0.15, 0.2) is 0 Å². The predicted octanol–water partition coefficient (Wildman–Crippen LogP) is 2.13. The van der Waals surface area contributed by atoms with Crippen LogP contribution in [0.15, 0.2) is 5.38 Å². The molecule has 0 aliphatic carbocycles. The van der Waals surface area contributed by atoms with Gasteiger partial charge in [-0.25, -0.2) is 4.98 Å². The second-order valence-electron chi connectivity index (χ2n) is 7.87. The van der Waals surface area contributed by atoms with Crippen LogP contribution in [0.4, 0.5) is 0 Å². The van der Waals surface area contributed by atoms with Gasteiger partial charge in [0.1, 0.15) is 10.7 Å². The lowest BCUT2D eigenvalue weighted by Crippen LogP contribution is -2.57. The van der Waals surface area contributed by atoms with E-state index in [0.29, 0.717) is 31.3 Å². The molecule has 1 spiro atoms. The summed E-state index contributed by atoms with van der Waals surface area (Å²) in [6, 6.07) is -0.0866. The molecule has 1 atom stereocenters. The number of ether oxygens (including phenoxy) is 1. The molecule has 7 heteroatoms. The van der Waals surface area contributed by atoms with E-state index in [4.69, 9.17) is 10.5 Å². The second-order valence-corrected chi connectivity index (χ2v) is 8.76. The number of carbonyl (C=O) groups excluding carboxylic acids is 1. The van der Waals surface area contributed by atoms with E-state index in [2.05, 4.69) is 30.8 Å². The van der Waals surface area contributed by atoms with Crippen molar-refractivity contribution in [3.63, 3.8) is 0 Å². The Balaban J connectivity index is 1.65. The van der Waals surface area contributed by atoms with Crippen molar-refractivity contribution in [1.29, 1.82) is 0 Å². The smallest absolute Gasteiger partial charge is 0.273 e. The van der Waals surface area contributed by atoms with Crippen LogP contribution in [0.2, 0.25) is 0 Å². The Bertz CT molecular complexity index is 596. The van der Waals surface area contributed by atoms with Crippen molar-refractivity contribution in [3.05, 3.63) is 16.1 Å². The van der Waals surface area contributed by atoms with Gasteiger partial charge >= 0.3 is 0 Å². The van der Waals surface area contributed by atoms with E-state index >= 15 is 0 Å². The average molecular weight is 367 g/mol. The van der Waals surface area contributed by atoms with Gasteiger partial charge in [0, 0.05) is 25.0 Å². The van der Waals surface area contributed by atoms with Crippen LogP contribution in [0.5, 0.6) is 0 Å². The number of nitrogens with two attached hydrogens (primary N) is 1. The Morgan fingerprint density at radius 3 is 2.80 bits per heavy atom. The summed E-state index contributed by atoms with van der Waals surface area (Å²) in [6.07, 6.45) is 2.85. The SMILES string of the molecule is CC(C)C[C@H](N)c1nc(C(=O)N2CCOC3(CCN(C)CC3)C2)cs1. The zero-order chi connectivity index (χ0) is 18.0. The summed E-state index contributed by atoms with van der Waals surface area (Å²) in [5.41, 5.74) is 6.57. The van der Waals surface area contributed by atoms with E-state index in [9.17, 15) is 4.79 Å². The summed E-state index contributed by atoms with van der Waals surface area (Å²) >= 11 is 1.50. The molecular formula is C18H30N4O2S. The summed E-state index contributed by atoms with van der Waals surface area (Å²) < 4.78 is 6.10. The molecule has 6 nitrogen and oxygen atoms in total. The summed E-state index contributed by atoms with van der Waals surface area (Å²) in [5.74, 6) is 0.530. The number of morpholine rings is 1. The average Bonchev–Trinajstić information content (AvgIpc) is 3.07. The number of carbonyl (C=O) groups is 1. The van der Waals surface area contributed by atoms with Crippen LogP contribution in [0, 0.1) is 5.92 Å². The molecule has 3 heterocycles. The molecule has 2 fully saturated rings. The highest BCUT2D eigenvalue weighted by Crippen LogP contribution is 2.30. The maximum absolute atomic E-state index is 12.9. The summed E-state index contributed by atoms with van der Waals surface area (Å²) in [4.78, 5) is 21.7. The molecule has 0 saturated carbocycles. The third-order valence-corrected chi connectivity index (χ3v) is 6.19. The van der Waals surface area contributed by atoms with Crippen LogP contribution in [0.3, 0.4) is 0 Å².